The smallest absolute Gasteiger partial charge is 0.115 e. The Kier molecular flexibility index (Phi) is 4.25. The highest BCUT2D eigenvalue weighted by Gasteiger charge is 2.16. The van der Waals surface area contributed by atoms with Crippen molar-refractivity contribution in [3.8, 4) is 5.75 Å². The molecule has 1 N–H and O–H groups in total. The average molecular weight is 202 g/mol. The van der Waals surface area contributed by atoms with E-state index in [0.717, 1.165) is 6.42 Å². The Morgan fingerprint density at radius 3 is 2.07 bits per heavy atom. The standard InChI is InChI=1S/C13H19BO/c1-9(2)13(8-10(3)14)11-4-6-12(15)7-5-11/h4-7,9-10,13,15H,8H2,1-3H3. The molecule has 0 fully saturated rings. The van der Waals surface area contributed by atoms with Gasteiger partial charge in [0.2, 0.25) is 0 Å². The Morgan fingerprint density at radius 1 is 1.13 bits per heavy atom. The molecule has 1 aromatic carbocycles. The molecular weight excluding hydrogens is 183 g/mol. The molecule has 0 aliphatic rings. The van der Waals surface area contributed by atoms with E-state index in [4.69, 9.17) is 7.85 Å². The lowest BCUT2D eigenvalue weighted by molar-refractivity contribution is 0.458. The molecule has 2 atom stereocenters. The number of hydrogen-bond donors (Lipinski definition) is 1. The summed E-state index contributed by atoms with van der Waals surface area (Å²) in [5.41, 5.74) is 1.26. The highest BCUT2D eigenvalue weighted by molar-refractivity contribution is 6.11. The van der Waals surface area contributed by atoms with Crippen LogP contribution in [0.25, 0.3) is 0 Å². The number of rotatable bonds is 4. The predicted octanol–water partition coefficient (Wildman–Crippen LogP) is 3.50. The SMILES string of the molecule is [B]C(C)CC(c1ccc(O)cc1)C(C)C. The molecule has 2 radical (unpaired) electrons. The van der Waals surface area contributed by atoms with Crippen LogP contribution in [0.3, 0.4) is 0 Å². The largest absolute Gasteiger partial charge is 0.508 e. The number of aromatic hydroxyl groups is 1. The highest BCUT2D eigenvalue weighted by Crippen LogP contribution is 2.32. The minimum Gasteiger partial charge on any atom is -0.508 e. The van der Waals surface area contributed by atoms with Crippen molar-refractivity contribution in [2.75, 3.05) is 0 Å². The Labute approximate surface area is 93.9 Å². The molecule has 0 heterocycles. The van der Waals surface area contributed by atoms with Crippen molar-refractivity contribution < 1.29 is 5.11 Å². The molecule has 0 amide bonds. The summed E-state index contributed by atoms with van der Waals surface area (Å²) in [4.78, 5) is 0. The van der Waals surface area contributed by atoms with Gasteiger partial charge in [0.05, 0.1) is 7.85 Å². The summed E-state index contributed by atoms with van der Waals surface area (Å²) in [5, 5.41) is 9.23. The Bertz CT molecular complexity index is 290. The molecule has 0 saturated heterocycles. The van der Waals surface area contributed by atoms with Crippen molar-refractivity contribution in [1.82, 2.24) is 0 Å². The molecular formula is C13H19BO. The molecule has 0 bridgehead atoms. The summed E-state index contributed by atoms with van der Waals surface area (Å²) < 4.78 is 0. The third-order valence-corrected chi connectivity index (χ3v) is 2.75. The zero-order valence-corrected chi connectivity index (χ0v) is 9.77. The quantitative estimate of drug-likeness (QED) is 0.740. The fourth-order valence-corrected chi connectivity index (χ4v) is 1.92. The molecule has 15 heavy (non-hydrogen) atoms. The summed E-state index contributed by atoms with van der Waals surface area (Å²) in [6, 6.07) is 7.46. The van der Waals surface area contributed by atoms with E-state index >= 15 is 0 Å². The van der Waals surface area contributed by atoms with E-state index in [-0.39, 0.29) is 5.82 Å². The number of hydrogen-bond acceptors (Lipinski definition) is 1. The fraction of sp³-hybridized carbons (Fsp3) is 0.538. The van der Waals surface area contributed by atoms with Gasteiger partial charge in [0.15, 0.2) is 0 Å². The molecule has 0 aliphatic heterocycles. The van der Waals surface area contributed by atoms with Crippen LogP contribution in [-0.4, -0.2) is 13.0 Å². The van der Waals surface area contributed by atoms with Gasteiger partial charge in [0.1, 0.15) is 5.75 Å². The van der Waals surface area contributed by atoms with Crippen LogP contribution >= 0.6 is 0 Å². The molecule has 80 valence electrons. The Hall–Kier alpha value is -0.915. The molecule has 0 aliphatic carbocycles. The minimum atomic E-state index is 0.214. The van der Waals surface area contributed by atoms with Gasteiger partial charge in [0.25, 0.3) is 0 Å². The molecule has 1 aromatic rings. The predicted molar refractivity (Wildman–Crippen MR) is 65.5 cm³/mol. The van der Waals surface area contributed by atoms with Crippen molar-refractivity contribution in [3.63, 3.8) is 0 Å². The van der Waals surface area contributed by atoms with E-state index in [1.807, 2.05) is 19.1 Å². The lowest BCUT2D eigenvalue weighted by Gasteiger charge is -2.23. The van der Waals surface area contributed by atoms with Gasteiger partial charge in [-0.3, -0.25) is 0 Å². The molecule has 0 aromatic heterocycles. The maximum Gasteiger partial charge on any atom is 0.115 e. The molecule has 1 nitrogen and oxygen atoms in total. The van der Waals surface area contributed by atoms with Crippen molar-refractivity contribution in [3.05, 3.63) is 29.8 Å². The number of phenolic OH excluding ortho intramolecular Hbond substituents is 1. The van der Waals surface area contributed by atoms with Crippen LogP contribution in [0.15, 0.2) is 24.3 Å². The highest BCUT2D eigenvalue weighted by atomic mass is 16.3. The van der Waals surface area contributed by atoms with Gasteiger partial charge in [-0.25, -0.2) is 0 Å². The van der Waals surface area contributed by atoms with E-state index in [9.17, 15) is 5.11 Å². The first-order valence-corrected chi connectivity index (χ1v) is 5.55. The summed E-state index contributed by atoms with van der Waals surface area (Å²) in [5.74, 6) is 1.58. The fourth-order valence-electron chi connectivity index (χ4n) is 1.92. The van der Waals surface area contributed by atoms with Crippen LogP contribution in [0.2, 0.25) is 5.82 Å². The number of phenols is 1. The first-order chi connectivity index (χ1) is 7.00. The second-order valence-electron chi connectivity index (χ2n) is 4.66. The Morgan fingerprint density at radius 2 is 1.67 bits per heavy atom. The zero-order chi connectivity index (χ0) is 11.4. The lowest BCUT2D eigenvalue weighted by atomic mass is 9.75. The van der Waals surface area contributed by atoms with Gasteiger partial charge in [-0.2, -0.15) is 0 Å². The first kappa shape index (κ1) is 12.2. The van der Waals surface area contributed by atoms with Crippen LogP contribution in [0, 0.1) is 5.92 Å². The zero-order valence-electron chi connectivity index (χ0n) is 9.77. The van der Waals surface area contributed by atoms with E-state index in [1.54, 1.807) is 12.1 Å². The van der Waals surface area contributed by atoms with Crippen molar-refractivity contribution in [1.29, 1.82) is 0 Å². The van der Waals surface area contributed by atoms with Crippen LogP contribution in [0.1, 0.15) is 38.7 Å². The topological polar surface area (TPSA) is 20.2 Å². The number of benzene rings is 1. The maximum absolute atomic E-state index is 9.23. The van der Waals surface area contributed by atoms with Gasteiger partial charge >= 0.3 is 0 Å². The van der Waals surface area contributed by atoms with E-state index in [0.29, 0.717) is 17.6 Å². The van der Waals surface area contributed by atoms with Crippen LogP contribution in [0.5, 0.6) is 5.75 Å². The minimum absolute atomic E-state index is 0.214. The third kappa shape index (κ3) is 3.62. The van der Waals surface area contributed by atoms with Crippen LogP contribution < -0.4 is 0 Å². The van der Waals surface area contributed by atoms with Gasteiger partial charge in [0, 0.05) is 0 Å². The van der Waals surface area contributed by atoms with Gasteiger partial charge in [-0.05, 0) is 29.5 Å². The molecule has 2 heteroatoms. The maximum atomic E-state index is 9.23. The summed E-state index contributed by atoms with van der Waals surface area (Å²) in [6.45, 7) is 6.45. The first-order valence-electron chi connectivity index (χ1n) is 5.55. The summed E-state index contributed by atoms with van der Waals surface area (Å²) in [7, 11) is 5.85. The second kappa shape index (κ2) is 5.25. The van der Waals surface area contributed by atoms with Crippen molar-refractivity contribution in [2.24, 2.45) is 5.92 Å². The van der Waals surface area contributed by atoms with Gasteiger partial charge < -0.3 is 5.11 Å². The average Bonchev–Trinajstić information content (AvgIpc) is 2.15. The molecule has 2 unspecified atom stereocenters. The third-order valence-electron chi connectivity index (χ3n) is 2.75. The van der Waals surface area contributed by atoms with Crippen LogP contribution in [0.4, 0.5) is 0 Å². The van der Waals surface area contributed by atoms with Crippen LogP contribution in [-0.2, 0) is 0 Å². The molecule has 0 spiro atoms. The molecule has 1 rings (SSSR count). The van der Waals surface area contributed by atoms with Gasteiger partial charge in [-0.1, -0.05) is 45.1 Å². The summed E-state index contributed by atoms with van der Waals surface area (Å²) in [6.07, 6.45) is 0.989. The summed E-state index contributed by atoms with van der Waals surface area (Å²) >= 11 is 0. The molecule has 0 saturated carbocycles. The second-order valence-corrected chi connectivity index (χ2v) is 4.66. The van der Waals surface area contributed by atoms with Crippen molar-refractivity contribution in [2.45, 2.75) is 38.9 Å². The van der Waals surface area contributed by atoms with Gasteiger partial charge in [-0.15, -0.1) is 0 Å². The van der Waals surface area contributed by atoms with E-state index < -0.39 is 0 Å². The normalized spacial score (nSPS) is 15.2. The van der Waals surface area contributed by atoms with E-state index in [1.165, 1.54) is 5.56 Å². The lowest BCUT2D eigenvalue weighted by Crippen LogP contribution is -2.08. The monoisotopic (exact) mass is 202 g/mol. The van der Waals surface area contributed by atoms with E-state index in [2.05, 4.69) is 13.8 Å². The van der Waals surface area contributed by atoms with Crippen molar-refractivity contribution >= 4 is 7.85 Å². The Balaban J connectivity index is 2.84.